The van der Waals surface area contributed by atoms with E-state index in [0.717, 1.165) is 32.4 Å². The third-order valence-electron chi connectivity index (χ3n) is 2.42. The van der Waals surface area contributed by atoms with Gasteiger partial charge >= 0.3 is 5.91 Å². The van der Waals surface area contributed by atoms with Crippen molar-refractivity contribution in [3.63, 3.8) is 0 Å². The standard InChI is InChI=1S/C9H16NO/c1-3-7-10(4-2)8-5-6-9(10)11/h4H,2-3,5-8H2,1H3/q+1. The van der Waals surface area contributed by atoms with Gasteiger partial charge in [0.2, 0.25) is 0 Å². The summed E-state index contributed by atoms with van der Waals surface area (Å²) in [4.78, 5) is 11.4. The van der Waals surface area contributed by atoms with Crippen molar-refractivity contribution in [3.05, 3.63) is 12.8 Å². The van der Waals surface area contributed by atoms with Gasteiger partial charge in [-0.1, -0.05) is 6.92 Å². The number of rotatable bonds is 3. The summed E-state index contributed by atoms with van der Waals surface area (Å²) in [6.07, 6.45) is 4.63. The van der Waals surface area contributed by atoms with Crippen LogP contribution in [0.25, 0.3) is 0 Å². The van der Waals surface area contributed by atoms with E-state index in [1.165, 1.54) is 0 Å². The Balaban J connectivity index is 2.73. The first-order valence-electron chi connectivity index (χ1n) is 4.29. The van der Waals surface area contributed by atoms with E-state index in [1.807, 2.05) is 0 Å². The zero-order valence-electron chi connectivity index (χ0n) is 7.18. The molecule has 1 heterocycles. The topological polar surface area (TPSA) is 17.1 Å². The highest BCUT2D eigenvalue weighted by Gasteiger charge is 2.37. The summed E-state index contributed by atoms with van der Waals surface area (Å²) in [5.74, 6) is 0.349. The van der Waals surface area contributed by atoms with Crippen molar-refractivity contribution >= 4 is 5.91 Å². The predicted molar refractivity (Wildman–Crippen MR) is 44.7 cm³/mol. The summed E-state index contributed by atoms with van der Waals surface area (Å²) in [6.45, 7) is 7.74. The maximum Gasteiger partial charge on any atom is 0.318 e. The van der Waals surface area contributed by atoms with Gasteiger partial charge in [0.1, 0.15) is 0 Å². The number of carbonyl (C=O) groups is 1. The van der Waals surface area contributed by atoms with E-state index >= 15 is 0 Å². The largest absolute Gasteiger partial charge is 0.318 e. The van der Waals surface area contributed by atoms with Crippen LogP contribution < -0.4 is 0 Å². The van der Waals surface area contributed by atoms with E-state index in [9.17, 15) is 4.79 Å². The van der Waals surface area contributed by atoms with Gasteiger partial charge in [0.15, 0.2) is 0 Å². The second kappa shape index (κ2) is 3.18. The van der Waals surface area contributed by atoms with Crippen LogP contribution in [0.4, 0.5) is 0 Å². The van der Waals surface area contributed by atoms with Gasteiger partial charge in [0.05, 0.1) is 25.7 Å². The molecule has 0 aliphatic carbocycles. The summed E-state index contributed by atoms with van der Waals surface area (Å²) in [5, 5.41) is 0. The van der Waals surface area contributed by atoms with E-state index in [4.69, 9.17) is 0 Å². The first kappa shape index (κ1) is 8.47. The molecular formula is C9H16NO+. The molecule has 0 aromatic rings. The Bertz CT molecular complexity index is 176. The average molecular weight is 154 g/mol. The van der Waals surface area contributed by atoms with Crippen molar-refractivity contribution in [2.24, 2.45) is 0 Å². The van der Waals surface area contributed by atoms with Crippen LogP contribution in [0.15, 0.2) is 12.8 Å². The zero-order chi connectivity index (χ0) is 8.32. The molecule has 1 aliphatic heterocycles. The van der Waals surface area contributed by atoms with Crippen LogP contribution >= 0.6 is 0 Å². The molecule has 0 radical (unpaired) electrons. The first-order chi connectivity index (χ1) is 5.25. The minimum atomic E-state index is 0.349. The summed E-state index contributed by atoms with van der Waals surface area (Å²) >= 11 is 0. The molecule has 1 atom stereocenters. The van der Waals surface area contributed by atoms with Crippen LogP contribution in [0.2, 0.25) is 0 Å². The lowest BCUT2D eigenvalue weighted by Gasteiger charge is -2.25. The van der Waals surface area contributed by atoms with Crippen LogP contribution in [0, 0.1) is 0 Å². The van der Waals surface area contributed by atoms with Crippen molar-refractivity contribution in [2.75, 3.05) is 13.1 Å². The van der Waals surface area contributed by atoms with Crippen molar-refractivity contribution in [2.45, 2.75) is 26.2 Å². The Morgan fingerprint density at radius 2 is 2.45 bits per heavy atom. The molecule has 1 aliphatic rings. The minimum Gasteiger partial charge on any atom is -0.235 e. The Morgan fingerprint density at radius 1 is 1.73 bits per heavy atom. The molecule has 2 heteroatoms. The van der Waals surface area contributed by atoms with E-state index in [0.29, 0.717) is 10.4 Å². The summed E-state index contributed by atoms with van der Waals surface area (Å²) in [6, 6.07) is 0. The predicted octanol–water partition coefficient (Wildman–Crippen LogP) is 1.68. The molecule has 1 rings (SSSR count). The summed E-state index contributed by atoms with van der Waals surface area (Å²) in [7, 11) is 0. The molecule has 11 heavy (non-hydrogen) atoms. The van der Waals surface area contributed by atoms with Crippen LogP contribution in [-0.4, -0.2) is 23.5 Å². The molecule has 0 spiro atoms. The first-order valence-corrected chi connectivity index (χ1v) is 4.29. The Morgan fingerprint density at radius 3 is 2.82 bits per heavy atom. The van der Waals surface area contributed by atoms with E-state index in [-0.39, 0.29) is 0 Å². The van der Waals surface area contributed by atoms with Gasteiger partial charge in [-0.2, -0.15) is 0 Å². The highest BCUT2D eigenvalue weighted by atomic mass is 16.2. The molecule has 1 amide bonds. The number of nitrogens with zero attached hydrogens (tertiary/aromatic N) is 1. The molecule has 1 unspecified atom stereocenters. The minimum absolute atomic E-state index is 0.349. The van der Waals surface area contributed by atoms with Gasteiger partial charge in [-0.3, -0.25) is 0 Å². The summed E-state index contributed by atoms with van der Waals surface area (Å²) < 4.78 is 0.524. The fourth-order valence-electron chi connectivity index (χ4n) is 1.78. The van der Waals surface area contributed by atoms with Crippen molar-refractivity contribution < 1.29 is 9.28 Å². The maximum absolute atomic E-state index is 11.4. The van der Waals surface area contributed by atoms with Gasteiger partial charge in [-0.25, -0.2) is 9.28 Å². The number of hydrogen-bond acceptors (Lipinski definition) is 1. The smallest absolute Gasteiger partial charge is 0.235 e. The Hall–Kier alpha value is -0.630. The fraction of sp³-hybridized carbons (Fsp3) is 0.667. The molecule has 0 N–H and O–H groups in total. The normalized spacial score (nSPS) is 30.8. The molecule has 2 nitrogen and oxygen atoms in total. The Labute approximate surface area is 68.1 Å². The monoisotopic (exact) mass is 154 g/mol. The molecule has 1 fully saturated rings. The van der Waals surface area contributed by atoms with Crippen molar-refractivity contribution in [1.29, 1.82) is 0 Å². The van der Waals surface area contributed by atoms with E-state index < -0.39 is 0 Å². The Kier molecular flexibility index (Phi) is 2.45. The van der Waals surface area contributed by atoms with Gasteiger partial charge in [-0.05, 0) is 13.0 Å². The van der Waals surface area contributed by atoms with Crippen LogP contribution in [0.3, 0.4) is 0 Å². The fourth-order valence-corrected chi connectivity index (χ4v) is 1.78. The number of carbonyl (C=O) groups excluding carboxylic acids is 1. The molecule has 0 saturated carbocycles. The third-order valence-corrected chi connectivity index (χ3v) is 2.42. The molecule has 0 aromatic heterocycles. The van der Waals surface area contributed by atoms with E-state index in [2.05, 4.69) is 13.5 Å². The van der Waals surface area contributed by atoms with Crippen molar-refractivity contribution in [1.82, 2.24) is 0 Å². The van der Waals surface area contributed by atoms with Crippen LogP contribution in [-0.2, 0) is 4.79 Å². The number of amides is 1. The summed E-state index contributed by atoms with van der Waals surface area (Å²) in [5.41, 5.74) is 0. The lowest BCUT2D eigenvalue weighted by atomic mass is 10.3. The van der Waals surface area contributed by atoms with Gasteiger partial charge < -0.3 is 0 Å². The lowest BCUT2D eigenvalue weighted by molar-refractivity contribution is -0.794. The average Bonchev–Trinajstić information content (AvgIpc) is 2.35. The second-order valence-electron chi connectivity index (χ2n) is 3.16. The number of hydrogen-bond donors (Lipinski definition) is 0. The van der Waals surface area contributed by atoms with Crippen molar-refractivity contribution in [3.8, 4) is 0 Å². The third kappa shape index (κ3) is 1.36. The molecule has 0 aromatic carbocycles. The van der Waals surface area contributed by atoms with Gasteiger partial charge in [0, 0.05) is 6.42 Å². The SMILES string of the molecule is C=C[N+]1(CCC)CCCC1=O. The molecular weight excluding hydrogens is 138 g/mol. The van der Waals surface area contributed by atoms with Crippen LogP contribution in [0.5, 0.6) is 0 Å². The highest BCUT2D eigenvalue weighted by molar-refractivity contribution is 5.71. The maximum atomic E-state index is 11.4. The zero-order valence-corrected chi connectivity index (χ0v) is 7.18. The number of quaternary nitrogens is 1. The molecule has 0 bridgehead atoms. The quantitative estimate of drug-likeness (QED) is 0.565. The highest BCUT2D eigenvalue weighted by Crippen LogP contribution is 2.21. The number of likely N-dealkylation sites (tertiary alicyclic amines) is 1. The lowest BCUT2D eigenvalue weighted by Crippen LogP contribution is -2.43. The van der Waals surface area contributed by atoms with Crippen LogP contribution in [0.1, 0.15) is 26.2 Å². The second-order valence-corrected chi connectivity index (χ2v) is 3.16. The molecule has 1 saturated heterocycles. The van der Waals surface area contributed by atoms with E-state index in [1.54, 1.807) is 6.20 Å². The van der Waals surface area contributed by atoms with Gasteiger partial charge in [-0.15, -0.1) is 0 Å². The molecule has 62 valence electrons. The van der Waals surface area contributed by atoms with Gasteiger partial charge in [0.25, 0.3) is 0 Å².